The van der Waals surface area contributed by atoms with Gasteiger partial charge in [-0.05, 0) is 13.0 Å². The largest absolute Gasteiger partial charge is 0.477 e. The van der Waals surface area contributed by atoms with Crippen LogP contribution in [0.4, 0.5) is 0 Å². The number of aromatic nitrogens is 2. The molecule has 6 nitrogen and oxygen atoms in total. The summed E-state index contributed by atoms with van der Waals surface area (Å²) in [4.78, 5) is 10.7. The molecule has 0 saturated carbocycles. The van der Waals surface area contributed by atoms with Crippen molar-refractivity contribution < 1.29 is 19.4 Å². The normalized spacial score (nSPS) is 9.93. The number of carboxylic acid groups (broad SMARTS) is 1. The molecule has 0 amide bonds. The number of carbonyl (C=O) groups is 1. The predicted octanol–water partition coefficient (Wildman–Crippen LogP) is 0.590. The van der Waals surface area contributed by atoms with Crippen LogP contribution in [0.25, 0.3) is 0 Å². The third-order valence-electron chi connectivity index (χ3n) is 1.59. The summed E-state index contributed by atoms with van der Waals surface area (Å²) in [5.41, 5.74) is 0.00139. The van der Waals surface area contributed by atoms with Gasteiger partial charge in [0.25, 0.3) is 0 Å². The Kier molecular flexibility index (Phi) is 4.49. The maximum Gasteiger partial charge on any atom is 0.341 e. The van der Waals surface area contributed by atoms with Gasteiger partial charge in [-0.15, -0.1) is 5.10 Å². The standard InChI is InChI=1S/C9H12N2O4/c1-2-14-5-6-15-8-7(9(12)13)3-4-10-11-8/h3-4H,2,5-6H2,1H3,(H,12,13). The predicted molar refractivity (Wildman–Crippen MR) is 51.0 cm³/mol. The highest BCUT2D eigenvalue weighted by Crippen LogP contribution is 2.12. The topological polar surface area (TPSA) is 81.5 Å². The van der Waals surface area contributed by atoms with Crippen molar-refractivity contribution in [2.75, 3.05) is 19.8 Å². The van der Waals surface area contributed by atoms with Crippen LogP contribution in [0.3, 0.4) is 0 Å². The average molecular weight is 212 g/mol. The second-order valence-electron chi connectivity index (χ2n) is 2.60. The average Bonchev–Trinajstić information content (AvgIpc) is 2.25. The Balaban J connectivity index is 2.56. The van der Waals surface area contributed by atoms with Gasteiger partial charge in [0.15, 0.2) is 0 Å². The van der Waals surface area contributed by atoms with Crippen molar-refractivity contribution in [3.05, 3.63) is 17.8 Å². The molecule has 0 atom stereocenters. The molecule has 0 spiro atoms. The van der Waals surface area contributed by atoms with Crippen molar-refractivity contribution in [1.29, 1.82) is 0 Å². The molecule has 0 fully saturated rings. The summed E-state index contributed by atoms with van der Waals surface area (Å²) in [5, 5.41) is 15.9. The molecule has 15 heavy (non-hydrogen) atoms. The zero-order valence-electron chi connectivity index (χ0n) is 8.34. The van der Waals surface area contributed by atoms with Gasteiger partial charge < -0.3 is 14.6 Å². The number of carboxylic acids is 1. The van der Waals surface area contributed by atoms with Crippen LogP contribution in [0.15, 0.2) is 12.3 Å². The van der Waals surface area contributed by atoms with Gasteiger partial charge in [-0.1, -0.05) is 0 Å². The molecule has 0 radical (unpaired) electrons. The molecule has 0 aliphatic carbocycles. The number of aromatic carboxylic acids is 1. The summed E-state index contributed by atoms with van der Waals surface area (Å²) in [7, 11) is 0. The fourth-order valence-electron chi connectivity index (χ4n) is 0.930. The van der Waals surface area contributed by atoms with Crippen molar-refractivity contribution in [1.82, 2.24) is 10.2 Å². The fraction of sp³-hybridized carbons (Fsp3) is 0.444. The Morgan fingerprint density at radius 1 is 1.53 bits per heavy atom. The molecular weight excluding hydrogens is 200 g/mol. The van der Waals surface area contributed by atoms with Gasteiger partial charge in [0, 0.05) is 6.61 Å². The van der Waals surface area contributed by atoms with E-state index in [9.17, 15) is 4.79 Å². The lowest BCUT2D eigenvalue weighted by Gasteiger charge is -2.06. The minimum Gasteiger partial charge on any atom is -0.477 e. The second-order valence-corrected chi connectivity index (χ2v) is 2.60. The molecular formula is C9H12N2O4. The lowest BCUT2D eigenvalue weighted by molar-refractivity contribution is 0.0684. The van der Waals surface area contributed by atoms with E-state index in [1.54, 1.807) is 0 Å². The van der Waals surface area contributed by atoms with E-state index in [0.717, 1.165) is 0 Å². The Hall–Kier alpha value is -1.69. The first-order valence-electron chi connectivity index (χ1n) is 4.51. The maximum absolute atomic E-state index is 10.7. The van der Waals surface area contributed by atoms with Gasteiger partial charge in [-0.3, -0.25) is 0 Å². The van der Waals surface area contributed by atoms with Crippen LogP contribution in [-0.2, 0) is 4.74 Å². The molecule has 0 aliphatic rings. The molecule has 1 rings (SSSR count). The van der Waals surface area contributed by atoms with Gasteiger partial charge in [0.2, 0.25) is 5.88 Å². The first-order chi connectivity index (χ1) is 7.25. The Morgan fingerprint density at radius 2 is 2.33 bits per heavy atom. The molecule has 0 unspecified atom stereocenters. The number of rotatable bonds is 6. The first kappa shape index (κ1) is 11.4. The zero-order valence-corrected chi connectivity index (χ0v) is 8.34. The SMILES string of the molecule is CCOCCOc1nnccc1C(=O)O. The molecule has 82 valence electrons. The Labute approximate surface area is 86.8 Å². The van der Waals surface area contributed by atoms with Crippen LogP contribution in [0, 0.1) is 0 Å². The smallest absolute Gasteiger partial charge is 0.341 e. The summed E-state index contributed by atoms with van der Waals surface area (Å²) < 4.78 is 10.2. The summed E-state index contributed by atoms with van der Waals surface area (Å²) >= 11 is 0. The highest BCUT2D eigenvalue weighted by molar-refractivity contribution is 5.89. The molecule has 6 heteroatoms. The van der Waals surface area contributed by atoms with Crippen LogP contribution < -0.4 is 4.74 Å². The third kappa shape index (κ3) is 3.51. The quantitative estimate of drug-likeness (QED) is 0.695. The summed E-state index contributed by atoms with van der Waals surface area (Å²) in [6.07, 6.45) is 1.30. The van der Waals surface area contributed by atoms with E-state index in [1.165, 1.54) is 12.3 Å². The summed E-state index contributed by atoms with van der Waals surface area (Å²) in [5.74, 6) is -1.07. The minimum absolute atomic E-state index is 0.00139. The van der Waals surface area contributed by atoms with E-state index in [-0.39, 0.29) is 18.1 Å². The maximum atomic E-state index is 10.7. The van der Waals surface area contributed by atoms with Crippen LogP contribution in [0.5, 0.6) is 5.88 Å². The Morgan fingerprint density at radius 3 is 3.00 bits per heavy atom. The zero-order chi connectivity index (χ0) is 11.1. The molecule has 0 bridgehead atoms. The van der Waals surface area contributed by atoms with Gasteiger partial charge in [0.1, 0.15) is 12.2 Å². The van der Waals surface area contributed by atoms with Crippen molar-refractivity contribution in [2.24, 2.45) is 0 Å². The molecule has 1 aromatic rings. The molecule has 1 N–H and O–H groups in total. The van der Waals surface area contributed by atoms with Crippen molar-refractivity contribution in [2.45, 2.75) is 6.92 Å². The lowest BCUT2D eigenvalue weighted by Crippen LogP contribution is -2.11. The molecule has 0 aromatic carbocycles. The van der Waals surface area contributed by atoms with Crippen molar-refractivity contribution in [3.8, 4) is 5.88 Å². The fourth-order valence-corrected chi connectivity index (χ4v) is 0.930. The monoisotopic (exact) mass is 212 g/mol. The third-order valence-corrected chi connectivity index (χ3v) is 1.59. The molecule has 0 saturated heterocycles. The number of ether oxygens (including phenoxy) is 2. The van der Waals surface area contributed by atoms with Crippen LogP contribution >= 0.6 is 0 Å². The van der Waals surface area contributed by atoms with Gasteiger partial charge >= 0.3 is 5.97 Å². The van der Waals surface area contributed by atoms with Crippen molar-refractivity contribution in [3.63, 3.8) is 0 Å². The number of hydrogen-bond acceptors (Lipinski definition) is 5. The van der Waals surface area contributed by atoms with Gasteiger partial charge in [0.05, 0.1) is 12.8 Å². The second kappa shape index (κ2) is 5.92. The molecule has 1 heterocycles. The summed E-state index contributed by atoms with van der Waals surface area (Å²) in [6, 6.07) is 1.34. The van der Waals surface area contributed by atoms with E-state index in [0.29, 0.717) is 13.2 Å². The first-order valence-corrected chi connectivity index (χ1v) is 4.51. The van der Waals surface area contributed by atoms with Crippen LogP contribution in [-0.4, -0.2) is 41.1 Å². The lowest BCUT2D eigenvalue weighted by atomic mass is 10.3. The van der Waals surface area contributed by atoms with E-state index in [1.807, 2.05) is 6.92 Å². The van der Waals surface area contributed by atoms with Crippen LogP contribution in [0.2, 0.25) is 0 Å². The molecule has 1 aromatic heterocycles. The van der Waals surface area contributed by atoms with Gasteiger partial charge in [-0.25, -0.2) is 4.79 Å². The van der Waals surface area contributed by atoms with E-state index in [2.05, 4.69) is 10.2 Å². The minimum atomic E-state index is -1.09. The van der Waals surface area contributed by atoms with E-state index in [4.69, 9.17) is 14.6 Å². The number of hydrogen-bond donors (Lipinski definition) is 1. The Bertz CT molecular complexity index is 330. The van der Waals surface area contributed by atoms with E-state index >= 15 is 0 Å². The number of nitrogens with zero attached hydrogens (tertiary/aromatic N) is 2. The van der Waals surface area contributed by atoms with Crippen molar-refractivity contribution >= 4 is 5.97 Å². The highest BCUT2D eigenvalue weighted by atomic mass is 16.5. The highest BCUT2D eigenvalue weighted by Gasteiger charge is 2.12. The summed E-state index contributed by atoms with van der Waals surface area (Å²) in [6.45, 7) is 3.11. The molecule has 0 aliphatic heterocycles. The van der Waals surface area contributed by atoms with Gasteiger partial charge in [-0.2, -0.15) is 5.10 Å². The van der Waals surface area contributed by atoms with Crippen LogP contribution in [0.1, 0.15) is 17.3 Å². The van der Waals surface area contributed by atoms with E-state index < -0.39 is 5.97 Å².